The molecule has 0 spiro atoms. The van der Waals surface area contributed by atoms with E-state index in [-0.39, 0.29) is 0 Å². The van der Waals surface area contributed by atoms with Gasteiger partial charge in [0.1, 0.15) is 0 Å². The summed E-state index contributed by atoms with van der Waals surface area (Å²) in [6.45, 7) is 3.46. The Labute approximate surface area is 110 Å². The molecular weight excluding hydrogens is 226 g/mol. The van der Waals surface area contributed by atoms with E-state index in [4.69, 9.17) is 0 Å². The van der Waals surface area contributed by atoms with Gasteiger partial charge < -0.3 is 5.32 Å². The van der Waals surface area contributed by atoms with E-state index in [0.29, 0.717) is 0 Å². The summed E-state index contributed by atoms with van der Waals surface area (Å²) < 4.78 is 0. The molecule has 1 aliphatic carbocycles. The summed E-state index contributed by atoms with van der Waals surface area (Å²) in [7, 11) is 0. The molecule has 0 amide bonds. The molecule has 1 unspecified atom stereocenters. The van der Waals surface area contributed by atoms with Crippen LogP contribution in [0.2, 0.25) is 0 Å². The van der Waals surface area contributed by atoms with Crippen molar-refractivity contribution < 1.29 is 0 Å². The van der Waals surface area contributed by atoms with E-state index < -0.39 is 0 Å². The number of hydrogen-bond acceptors (Lipinski definition) is 2. The molecule has 2 rings (SSSR count). The standard InChI is InChI=1S/C15H25NS/c1-2-11-16-15(13-9-10-13)8-4-3-6-14-7-5-12-17-14/h5,7,12-13,15-16H,2-4,6,8-11H2,1H3. The minimum Gasteiger partial charge on any atom is -0.314 e. The molecule has 0 radical (unpaired) electrons. The van der Waals surface area contributed by atoms with Crippen molar-refractivity contribution in [3.05, 3.63) is 22.4 Å². The Bertz CT molecular complexity index is 290. The summed E-state index contributed by atoms with van der Waals surface area (Å²) in [5.74, 6) is 1.00. The molecule has 1 aromatic rings. The molecule has 0 aliphatic heterocycles. The maximum absolute atomic E-state index is 3.73. The summed E-state index contributed by atoms with van der Waals surface area (Å²) in [4.78, 5) is 1.55. The van der Waals surface area contributed by atoms with Crippen molar-refractivity contribution in [3.8, 4) is 0 Å². The molecule has 0 saturated heterocycles. The maximum atomic E-state index is 3.73. The number of aryl methyl sites for hydroxylation is 1. The monoisotopic (exact) mass is 251 g/mol. The van der Waals surface area contributed by atoms with Crippen molar-refractivity contribution in [3.63, 3.8) is 0 Å². The minimum atomic E-state index is 0.818. The maximum Gasteiger partial charge on any atom is 0.00953 e. The van der Waals surface area contributed by atoms with Gasteiger partial charge in [-0.25, -0.2) is 0 Å². The third-order valence-corrected chi connectivity index (χ3v) is 4.55. The topological polar surface area (TPSA) is 12.0 Å². The molecule has 1 aliphatic rings. The van der Waals surface area contributed by atoms with Crippen molar-refractivity contribution in [2.75, 3.05) is 6.54 Å². The average Bonchev–Trinajstić information content (AvgIpc) is 3.05. The zero-order valence-corrected chi connectivity index (χ0v) is 11.8. The van der Waals surface area contributed by atoms with Gasteiger partial charge in [-0.05, 0) is 62.4 Å². The molecule has 0 aromatic carbocycles. The van der Waals surface area contributed by atoms with Gasteiger partial charge in [0.25, 0.3) is 0 Å². The van der Waals surface area contributed by atoms with Crippen molar-refractivity contribution in [1.82, 2.24) is 5.32 Å². The Kier molecular flexibility index (Phi) is 5.53. The molecule has 17 heavy (non-hydrogen) atoms. The van der Waals surface area contributed by atoms with Crippen LogP contribution in [-0.4, -0.2) is 12.6 Å². The fourth-order valence-corrected chi connectivity index (χ4v) is 3.20. The largest absolute Gasteiger partial charge is 0.314 e. The lowest BCUT2D eigenvalue weighted by molar-refractivity contribution is 0.420. The number of hydrogen-bond donors (Lipinski definition) is 1. The Balaban J connectivity index is 1.58. The lowest BCUT2D eigenvalue weighted by Gasteiger charge is -2.17. The molecule has 2 heteroatoms. The van der Waals surface area contributed by atoms with Gasteiger partial charge in [0, 0.05) is 10.9 Å². The Morgan fingerprint density at radius 3 is 2.94 bits per heavy atom. The average molecular weight is 251 g/mol. The van der Waals surface area contributed by atoms with Gasteiger partial charge >= 0.3 is 0 Å². The second-order valence-corrected chi connectivity index (χ2v) is 6.26. The van der Waals surface area contributed by atoms with Gasteiger partial charge in [-0.2, -0.15) is 0 Å². The lowest BCUT2D eigenvalue weighted by atomic mass is 10.0. The molecule has 1 atom stereocenters. The highest BCUT2D eigenvalue weighted by Gasteiger charge is 2.29. The summed E-state index contributed by atoms with van der Waals surface area (Å²) in [6.07, 6.45) is 9.60. The van der Waals surface area contributed by atoms with E-state index in [1.165, 1.54) is 51.5 Å². The molecule has 1 saturated carbocycles. The third kappa shape index (κ3) is 4.81. The van der Waals surface area contributed by atoms with Crippen molar-refractivity contribution in [2.24, 2.45) is 5.92 Å². The number of rotatable bonds is 9. The third-order valence-electron chi connectivity index (χ3n) is 3.62. The zero-order chi connectivity index (χ0) is 11.9. The highest BCUT2D eigenvalue weighted by molar-refractivity contribution is 7.09. The second kappa shape index (κ2) is 7.17. The van der Waals surface area contributed by atoms with E-state index in [0.717, 1.165) is 12.0 Å². The van der Waals surface area contributed by atoms with Gasteiger partial charge in [0.05, 0.1) is 0 Å². The van der Waals surface area contributed by atoms with Crippen molar-refractivity contribution in [1.29, 1.82) is 0 Å². The highest BCUT2D eigenvalue weighted by atomic mass is 32.1. The first-order valence-electron chi connectivity index (χ1n) is 7.16. The SMILES string of the molecule is CCCNC(CCCCc1cccs1)C1CC1. The van der Waals surface area contributed by atoms with Crippen LogP contribution in [0.4, 0.5) is 0 Å². The normalized spacial score (nSPS) is 17.2. The van der Waals surface area contributed by atoms with Gasteiger partial charge in [-0.3, -0.25) is 0 Å². The van der Waals surface area contributed by atoms with Gasteiger partial charge in [-0.15, -0.1) is 11.3 Å². The summed E-state index contributed by atoms with van der Waals surface area (Å²) >= 11 is 1.90. The molecule has 1 heterocycles. The predicted molar refractivity (Wildman–Crippen MR) is 76.7 cm³/mol. The van der Waals surface area contributed by atoms with Gasteiger partial charge in [-0.1, -0.05) is 19.4 Å². The summed E-state index contributed by atoms with van der Waals surface area (Å²) in [6, 6.07) is 5.24. The molecule has 0 bridgehead atoms. The van der Waals surface area contributed by atoms with Crippen LogP contribution in [0.25, 0.3) is 0 Å². The lowest BCUT2D eigenvalue weighted by Crippen LogP contribution is -2.31. The second-order valence-electron chi connectivity index (χ2n) is 5.22. The summed E-state index contributed by atoms with van der Waals surface area (Å²) in [5, 5.41) is 5.91. The quantitative estimate of drug-likeness (QED) is 0.647. The first kappa shape index (κ1) is 13.1. The van der Waals surface area contributed by atoms with E-state index in [9.17, 15) is 0 Å². The molecule has 1 nitrogen and oxygen atoms in total. The van der Waals surface area contributed by atoms with Crippen LogP contribution in [0.5, 0.6) is 0 Å². The van der Waals surface area contributed by atoms with Crippen LogP contribution in [0.3, 0.4) is 0 Å². The molecular formula is C15H25NS. The van der Waals surface area contributed by atoms with E-state index in [1.54, 1.807) is 4.88 Å². The Morgan fingerprint density at radius 2 is 2.29 bits per heavy atom. The number of unbranched alkanes of at least 4 members (excludes halogenated alkanes) is 1. The minimum absolute atomic E-state index is 0.818. The first-order valence-corrected chi connectivity index (χ1v) is 8.04. The Hall–Kier alpha value is -0.340. The fourth-order valence-electron chi connectivity index (χ4n) is 2.45. The molecule has 1 aromatic heterocycles. The van der Waals surface area contributed by atoms with Gasteiger partial charge in [0.2, 0.25) is 0 Å². The number of nitrogens with one attached hydrogen (secondary N) is 1. The fraction of sp³-hybridized carbons (Fsp3) is 0.733. The van der Waals surface area contributed by atoms with E-state index in [1.807, 2.05) is 11.3 Å². The van der Waals surface area contributed by atoms with Crippen LogP contribution in [0.15, 0.2) is 17.5 Å². The number of thiophene rings is 1. The van der Waals surface area contributed by atoms with E-state index >= 15 is 0 Å². The van der Waals surface area contributed by atoms with Crippen LogP contribution in [0.1, 0.15) is 50.3 Å². The first-order chi connectivity index (χ1) is 8.40. The smallest absolute Gasteiger partial charge is 0.00953 e. The molecule has 96 valence electrons. The van der Waals surface area contributed by atoms with Crippen molar-refractivity contribution >= 4 is 11.3 Å². The van der Waals surface area contributed by atoms with Crippen molar-refractivity contribution in [2.45, 2.75) is 57.9 Å². The van der Waals surface area contributed by atoms with Crippen LogP contribution in [0, 0.1) is 5.92 Å². The van der Waals surface area contributed by atoms with E-state index in [2.05, 4.69) is 29.8 Å². The van der Waals surface area contributed by atoms with Crippen LogP contribution < -0.4 is 5.32 Å². The summed E-state index contributed by atoms with van der Waals surface area (Å²) in [5.41, 5.74) is 0. The van der Waals surface area contributed by atoms with Crippen LogP contribution in [-0.2, 0) is 6.42 Å². The Morgan fingerprint density at radius 1 is 1.41 bits per heavy atom. The molecule has 1 N–H and O–H groups in total. The highest BCUT2D eigenvalue weighted by Crippen LogP contribution is 2.34. The van der Waals surface area contributed by atoms with Crippen LogP contribution >= 0.6 is 11.3 Å². The zero-order valence-electron chi connectivity index (χ0n) is 11.0. The molecule has 1 fully saturated rings. The predicted octanol–water partition coefficient (Wildman–Crippen LogP) is 4.24. The van der Waals surface area contributed by atoms with Gasteiger partial charge in [0.15, 0.2) is 0 Å².